The Morgan fingerprint density at radius 2 is 1.96 bits per heavy atom. The van der Waals surface area contributed by atoms with Gasteiger partial charge in [-0.25, -0.2) is 9.97 Å². The Bertz CT molecular complexity index is 673. The van der Waals surface area contributed by atoms with Crippen LogP contribution in [0, 0.1) is 5.92 Å². The molecule has 0 radical (unpaired) electrons. The van der Waals surface area contributed by atoms with E-state index in [4.69, 9.17) is 5.73 Å². The summed E-state index contributed by atoms with van der Waals surface area (Å²) in [6, 6.07) is 0.794. The van der Waals surface area contributed by atoms with Gasteiger partial charge in [-0.15, -0.1) is 0 Å². The van der Waals surface area contributed by atoms with Gasteiger partial charge in [0.15, 0.2) is 0 Å². The van der Waals surface area contributed by atoms with Crippen molar-refractivity contribution in [3.05, 3.63) is 18.0 Å². The Hall–Kier alpha value is -2.39. The van der Waals surface area contributed by atoms with Crippen molar-refractivity contribution in [3.8, 4) is 0 Å². The third-order valence-electron chi connectivity index (χ3n) is 4.68. The highest BCUT2D eigenvalue weighted by molar-refractivity contribution is 5.88. The predicted octanol–water partition coefficient (Wildman–Crippen LogP) is 0.798. The molecule has 2 amide bonds. The summed E-state index contributed by atoms with van der Waals surface area (Å²) >= 11 is 0. The fourth-order valence-electron chi connectivity index (χ4n) is 3.31. The van der Waals surface area contributed by atoms with Crippen LogP contribution in [0.3, 0.4) is 0 Å². The monoisotopic (exact) mass is 357 g/mol. The lowest BCUT2D eigenvalue weighted by Gasteiger charge is -2.36. The molecule has 2 N–H and O–H groups in total. The number of hydrogen-bond acceptors (Lipinski definition) is 5. The molecule has 25 heavy (non-hydrogen) atoms. The molecule has 0 aromatic carbocycles. The average Bonchev–Trinajstić information content (AvgIpc) is 2.96. The smallest absolute Gasteiger partial charge is 0.369 e. The molecule has 2 aliphatic heterocycles. The van der Waals surface area contributed by atoms with Crippen LogP contribution >= 0.6 is 0 Å². The van der Waals surface area contributed by atoms with Gasteiger partial charge in [-0.3, -0.25) is 9.59 Å². The zero-order chi connectivity index (χ0) is 18.2. The first-order valence-electron chi connectivity index (χ1n) is 7.99. The number of carbonyl (C=O) groups excluding carboxylic acids is 2. The fraction of sp³-hybridized carbons (Fsp3) is 0.600. The van der Waals surface area contributed by atoms with Crippen molar-refractivity contribution in [1.29, 1.82) is 0 Å². The van der Waals surface area contributed by atoms with Crippen LogP contribution in [0.25, 0.3) is 0 Å². The summed E-state index contributed by atoms with van der Waals surface area (Å²) in [6.45, 7) is 1.20. The molecule has 2 aliphatic rings. The van der Waals surface area contributed by atoms with Gasteiger partial charge in [0.2, 0.25) is 17.8 Å². The number of primary amides is 1. The van der Waals surface area contributed by atoms with Crippen molar-refractivity contribution in [1.82, 2.24) is 14.9 Å². The number of likely N-dealkylation sites (tertiary alicyclic amines) is 1. The summed E-state index contributed by atoms with van der Waals surface area (Å²) in [5.41, 5.74) is 4.29. The molecule has 3 heterocycles. The molecule has 3 rings (SSSR count). The van der Waals surface area contributed by atoms with E-state index < -0.39 is 23.7 Å². The van der Waals surface area contributed by atoms with E-state index in [-0.39, 0.29) is 24.3 Å². The number of halogens is 3. The maximum absolute atomic E-state index is 12.8. The maximum atomic E-state index is 12.8. The third-order valence-corrected chi connectivity index (χ3v) is 4.68. The summed E-state index contributed by atoms with van der Waals surface area (Å²) in [4.78, 5) is 34.2. The maximum Gasteiger partial charge on any atom is 0.433 e. The first-order valence-corrected chi connectivity index (χ1v) is 7.99. The van der Waals surface area contributed by atoms with Gasteiger partial charge in [-0.05, 0) is 18.9 Å². The van der Waals surface area contributed by atoms with Crippen LogP contribution in [-0.4, -0.2) is 52.4 Å². The van der Waals surface area contributed by atoms with E-state index >= 15 is 0 Å². The number of anilines is 1. The molecule has 1 aromatic heterocycles. The third kappa shape index (κ3) is 3.67. The summed E-state index contributed by atoms with van der Waals surface area (Å²) in [5, 5.41) is 0. The van der Waals surface area contributed by atoms with Gasteiger partial charge in [0.05, 0.1) is 5.92 Å². The molecular weight excluding hydrogens is 339 g/mol. The molecule has 0 aliphatic carbocycles. The molecular formula is C15H18F3N5O2. The molecule has 136 valence electrons. The molecule has 10 heteroatoms. The van der Waals surface area contributed by atoms with Crippen LogP contribution in [0.2, 0.25) is 0 Å². The van der Waals surface area contributed by atoms with Crippen molar-refractivity contribution in [3.63, 3.8) is 0 Å². The second kappa shape index (κ2) is 6.49. The number of hydrogen-bond donors (Lipinski definition) is 1. The standard InChI is InChI=1S/C15H18F3N5O2/c16-15(17,18)11-1-4-20-14(21-11)22-5-2-10(3-6-22)23-8-9(13(19)25)7-12(23)24/h1,4,9-10H,2-3,5-8H2,(H2,19,25). The number of aromatic nitrogens is 2. The summed E-state index contributed by atoms with van der Waals surface area (Å²) in [6.07, 6.45) is -2.12. The topological polar surface area (TPSA) is 92.4 Å². The Kier molecular flexibility index (Phi) is 4.53. The molecule has 1 atom stereocenters. The van der Waals surface area contributed by atoms with E-state index in [9.17, 15) is 22.8 Å². The van der Waals surface area contributed by atoms with Gasteiger partial charge < -0.3 is 15.5 Å². The number of carbonyl (C=O) groups is 2. The highest BCUT2D eigenvalue weighted by Crippen LogP contribution is 2.30. The second-order valence-corrected chi connectivity index (χ2v) is 6.31. The lowest BCUT2D eigenvalue weighted by molar-refractivity contribution is -0.141. The lowest BCUT2D eigenvalue weighted by Crippen LogP contribution is -2.46. The number of amides is 2. The van der Waals surface area contributed by atoms with Crippen LogP contribution in [-0.2, 0) is 15.8 Å². The quantitative estimate of drug-likeness (QED) is 0.864. The van der Waals surface area contributed by atoms with Gasteiger partial charge in [0, 0.05) is 38.3 Å². The summed E-state index contributed by atoms with van der Waals surface area (Å²) in [5.74, 6) is -1.00. The van der Waals surface area contributed by atoms with Gasteiger partial charge in [-0.2, -0.15) is 13.2 Å². The van der Waals surface area contributed by atoms with E-state index in [0.717, 1.165) is 12.3 Å². The minimum atomic E-state index is -4.51. The van der Waals surface area contributed by atoms with Crippen LogP contribution in [0.5, 0.6) is 0 Å². The molecule has 7 nitrogen and oxygen atoms in total. The largest absolute Gasteiger partial charge is 0.433 e. The zero-order valence-electron chi connectivity index (χ0n) is 13.4. The van der Waals surface area contributed by atoms with Crippen molar-refractivity contribution >= 4 is 17.8 Å². The lowest BCUT2D eigenvalue weighted by atomic mass is 10.0. The van der Waals surface area contributed by atoms with Gasteiger partial charge in [0.1, 0.15) is 5.69 Å². The summed E-state index contributed by atoms with van der Waals surface area (Å²) < 4.78 is 38.3. The minimum absolute atomic E-state index is 0.0380. The molecule has 1 unspecified atom stereocenters. The van der Waals surface area contributed by atoms with Crippen molar-refractivity contribution in [2.45, 2.75) is 31.5 Å². The Labute approximate surface area is 142 Å². The SMILES string of the molecule is NC(=O)C1CC(=O)N(C2CCN(c3nccc(C(F)(F)F)n3)CC2)C1. The van der Waals surface area contributed by atoms with E-state index in [1.165, 1.54) is 0 Å². The molecule has 1 aromatic rings. The van der Waals surface area contributed by atoms with Crippen molar-refractivity contribution < 1.29 is 22.8 Å². The van der Waals surface area contributed by atoms with Crippen molar-refractivity contribution in [2.24, 2.45) is 11.7 Å². The van der Waals surface area contributed by atoms with Crippen LogP contribution in [0.4, 0.5) is 19.1 Å². The van der Waals surface area contributed by atoms with Crippen LogP contribution in [0.1, 0.15) is 25.0 Å². The molecule has 2 saturated heterocycles. The molecule has 0 saturated carbocycles. The van der Waals surface area contributed by atoms with Gasteiger partial charge in [0.25, 0.3) is 0 Å². The Balaban J connectivity index is 1.63. The molecule has 0 bridgehead atoms. The Morgan fingerprint density at radius 3 is 2.52 bits per heavy atom. The predicted molar refractivity (Wildman–Crippen MR) is 81.3 cm³/mol. The number of piperidine rings is 1. The van der Waals surface area contributed by atoms with Gasteiger partial charge in [-0.1, -0.05) is 0 Å². The fourth-order valence-corrected chi connectivity index (χ4v) is 3.31. The van der Waals surface area contributed by atoms with Crippen molar-refractivity contribution in [2.75, 3.05) is 24.5 Å². The molecule has 0 spiro atoms. The first-order chi connectivity index (χ1) is 11.8. The number of alkyl halides is 3. The van der Waals surface area contributed by atoms with E-state index in [0.29, 0.717) is 32.5 Å². The molecule has 2 fully saturated rings. The second-order valence-electron chi connectivity index (χ2n) is 6.31. The van der Waals surface area contributed by atoms with E-state index in [2.05, 4.69) is 9.97 Å². The van der Waals surface area contributed by atoms with Crippen LogP contribution < -0.4 is 10.6 Å². The number of nitrogens with zero attached hydrogens (tertiary/aromatic N) is 4. The average molecular weight is 357 g/mol. The highest BCUT2D eigenvalue weighted by Gasteiger charge is 2.38. The number of rotatable bonds is 3. The van der Waals surface area contributed by atoms with Crippen LogP contribution in [0.15, 0.2) is 12.3 Å². The first kappa shape index (κ1) is 17.4. The zero-order valence-corrected chi connectivity index (χ0v) is 13.4. The summed E-state index contributed by atoms with van der Waals surface area (Å²) in [7, 11) is 0. The highest BCUT2D eigenvalue weighted by atomic mass is 19.4. The normalized spacial score (nSPS) is 22.5. The van der Waals surface area contributed by atoms with Gasteiger partial charge >= 0.3 is 6.18 Å². The van der Waals surface area contributed by atoms with E-state index in [1.807, 2.05) is 0 Å². The Morgan fingerprint density at radius 1 is 1.28 bits per heavy atom. The minimum Gasteiger partial charge on any atom is -0.369 e. The van der Waals surface area contributed by atoms with E-state index in [1.54, 1.807) is 9.80 Å². The number of nitrogens with two attached hydrogens (primary N) is 1.